The van der Waals surface area contributed by atoms with E-state index >= 15 is 0 Å². The molecule has 2 rings (SSSR count). The number of hydrogen-bond donors (Lipinski definition) is 1. The van der Waals surface area contributed by atoms with Crippen LogP contribution in [0.3, 0.4) is 0 Å². The summed E-state index contributed by atoms with van der Waals surface area (Å²) in [5, 5.41) is 6.83. The van der Waals surface area contributed by atoms with Gasteiger partial charge in [-0.1, -0.05) is 26.2 Å². The van der Waals surface area contributed by atoms with Crippen molar-refractivity contribution in [3.63, 3.8) is 0 Å². The summed E-state index contributed by atoms with van der Waals surface area (Å²) >= 11 is 1.54. The highest BCUT2D eigenvalue weighted by Crippen LogP contribution is 2.12. The molecule has 0 unspecified atom stereocenters. The molecule has 1 N–H and O–H groups in total. The highest BCUT2D eigenvalue weighted by Gasteiger charge is 2.04. The smallest absolute Gasteiger partial charge is 0.246 e. The number of unbranched alkanes of at least 4 members (excludes halogenated alkanes) is 3. The molecule has 0 aliphatic carbocycles. The van der Waals surface area contributed by atoms with Crippen molar-refractivity contribution in [2.24, 2.45) is 5.10 Å². The van der Waals surface area contributed by atoms with Gasteiger partial charge >= 0.3 is 0 Å². The minimum atomic E-state index is -0.173. The molecule has 0 aliphatic rings. The van der Waals surface area contributed by atoms with Crippen LogP contribution in [0.2, 0.25) is 0 Å². The molecule has 25 heavy (non-hydrogen) atoms. The first-order chi connectivity index (χ1) is 12.2. The highest BCUT2D eigenvalue weighted by atomic mass is 32.1. The zero-order valence-corrected chi connectivity index (χ0v) is 15.6. The molecule has 1 heterocycles. The van der Waals surface area contributed by atoms with E-state index in [0.29, 0.717) is 0 Å². The summed E-state index contributed by atoms with van der Waals surface area (Å²) in [7, 11) is 0. The van der Waals surface area contributed by atoms with E-state index in [2.05, 4.69) is 22.4 Å². The number of aromatic nitrogens is 1. The molecule has 134 valence electrons. The Balaban J connectivity index is 1.70. The molecule has 0 saturated carbocycles. The van der Waals surface area contributed by atoms with Crippen LogP contribution >= 0.6 is 11.3 Å². The van der Waals surface area contributed by atoms with Gasteiger partial charge in [0.1, 0.15) is 5.75 Å². The third-order valence-corrected chi connectivity index (χ3v) is 4.38. The molecule has 0 atom stereocenters. The fraction of sp³-hybridized carbons (Fsp3) is 0.421. The van der Waals surface area contributed by atoms with E-state index in [1.807, 2.05) is 36.6 Å². The van der Waals surface area contributed by atoms with Gasteiger partial charge in [0, 0.05) is 5.38 Å². The Bertz CT molecular complexity index is 680. The minimum Gasteiger partial charge on any atom is -0.494 e. The summed E-state index contributed by atoms with van der Waals surface area (Å²) in [5.41, 5.74) is 4.20. The number of hydrazone groups is 1. The molecule has 2 aromatic rings. The Kier molecular flexibility index (Phi) is 8.12. The molecular weight excluding hydrogens is 334 g/mol. The first-order valence-corrected chi connectivity index (χ1v) is 9.51. The Morgan fingerprint density at radius 2 is 2.08 bits per heavy atom. The molecule has 0 aliphatic heterocycles. The Labute approximate surface area is 153 Å². The number of thiazole rings is 1. The normalized spacial score (nSPS) is 11.0. The molecule has 1 aromatic heterocycles. The molecule has 0 bridgehead atoms. The number of rotatable bonds is 10. The summed E-state index contributed by atoms with van der Waals surface area (Å²) in [6.07, 6.45) is 6.64. The third kappa shape index (κ3) is 7.47. The monoisotopic (exact) mass is 359 g/mol. The van der Waals surface area contributed by atoms with Crippen LogP contribution in [-0.2, 0) is 11.2 Å². The molecule has 6 heteroatoms. The van der Waals surface area contributed by atoms with Crippen LogP contribution in [0.1, 0.15) is 48.9 Å². The molecule has 0 fully saturated rings. The molecule has 1 aromatic carbocycles. The Morgan fingerprint density at radius 3 is 2.76 bits per heavy atom. The number of aryl methyl sites for hydroxylation is 1. The number of nitrogens with one attached hydrogen (secondary N) is 1. The Morgan fingerprint density at radius 1 is 1.28 bits per heavy atom. The predicted octanol–water partition coefficient (Wildman–Crippen LogP) is 4.10. The number of amides is 1. The quantitative estimate of drug-likeness (QED) is 0.394. The van der Waals surface area contributed by atoms with Crippen LogP contribution in [-0.4, -0.2) is 23.7 Å². The lowest BCUT2D eigenvalue weighted by molar-refractivity contribution is -0.120. The topological polar surface area (TPSA) is 63.6 Å². The predicted molar refractivity (Wildman–Crippen MR) is 102 cm³/mol. The fourth-order valence-corrected chi connectivity index (χ4v) is 2.85. The van der Waals surface area contributed by atoms with Crippen molar-refractivity contribution in [3.05, 3.63) is 45.9 Å². The first-order valence-electron chi connectivity index (χ1n) is 8.63. The minimum absolute atomic E-state index is 0.173. The Hall–Kier alpha value is -2.21. The van der Waals surface area contributed by atoms with Gasteiger partial charge in [-0.05, 0) is 43.2 Å². The van der Waals surface area contributed by atoms with E-state index in [9.17, 15) is 4.79 Å². The average Bonchev–Trinajstić information content (AvgIpc) is 3.01. The van der Waals surface area contributed by atoms with Gasteiger partial charge in [0.2, 0.25) is 5.91 Å². The van der Waals surface area contributed by atoms with E-state index in [1.54, 1.807) is 6.21 Å². The van der Waals surface area contributed by atoms with Crippen LogP contribution < -0.4 is 10.2 Å². The molecule has 0 spiro atoms. The van der Waals surface area contributed by atoms with Gasteiger partial charge in [-0.3, -0.25) is 4.79 Å². The van der Waals surface area contributed by atoms with Crippen LogP contribution in [0.5, 0.6) is 5.75 Å². The lowest BCUT2D eigenvalue weighted by Gasteiger charge is -2.05. The lowest BCUT2D eigenvalue weighted by atomic mass is 10.2. The van der Waals surface area contributed by atoms with Gasteiger partial charge in [0.05, 0.1) is 29.9 Å². The number of carbonyl (C=O) groups excluding carboxylic acids is 1. The van der Waals surface area contributed by atoms with Crippen molar-refractivity contribution >= 4 is 23.5 Å². The van der Waals surface area contributed by atoms with Crippen LogP contribution in [0, 0.1) is 6.92 Å². The summed E-state index contributed by atoms with van der Waals surface area (Å²) in [6, 6.07) is 7.67. The fourth-order valence-electron chi connectivity index (χ4n) is 2.24. The van der Waals surface area contributed by atoms with Gasteiger partial charge in [0.15, 0.2) is 0 Å². The van der Waals surface area contributed by atoms with Crippen molar-refractivity contribution in [2.75, 3.05) is 6.61 Å². The maximum Gasteiger partial charge on any atom is 0.246 e. The average molecular weight is 359 g/mol. The van der Waals surface area contributed by atoms with E-state index < -0.39 is 0 Å². The standard InChI is InChI=1S/C19H25N3O2S/c1-3-4-5-6-11-24-18-9-7-16(8-10-18)13-20-22-19(23)12-17-14-25-15(2)21-17/h7-10,13-14H,3-6,11-12H2,1-2H3,(H,22,23)/b20-13-. The maximum atomic E-state index is 11.8. The van der Waals surface area contributed by atoms with Gasteiger partial charge in [-0.25, -0.2) is 10.4 Å². The van der Waals surface area contributed by atoms with Crippen LogP contribution in [0.25, 0.3) is 0 Å². The van der Waals surface area contributed by atoms with Crippen molar-refractivity contribution in [1.82, 2.24) is 10.4 Å². The number of nitrogens with zero attached hydrogens (tertiary/aromatic N) is 2. The van der Waals surface area contributed by atoms with Crippen LogP contribution in [0.15, 0.2) is 34.7 Å². The molecular formula is C19H25N3O2S. The van der Waals surface area contributed by atoms with E-state index in [-0.39, 0.29) is 12.3 Å². The summed E-state index contributed by atoms with van der Waals surface area (Å²) in [6.45, 7) is 4.87. The first kappa shape index (κ1) is 19.1. The van der Waals surface area contributed by atoms with Crippen molar-refractivity contribution in [3.8, 4) is 5.75 Å². The van der Waals surface area contributed by atoms with Crippen molar-refractivity contribution < 1.29 is 9.53 Å². The second kappa shape index (κ2) is 10.6. The summed E-state index contributed by atoms with van der Waals surface area (Å²) < 4.78 is 5.70. The van der Waals surface area contributed by atoms with Crippen molar-refractivity contribution in [1.29, 1.82) is 0 Å². The second-order valence-electron chi connectivity index (χ2n) is 5.81. The number of benzene rings is 1. The number of ether oxygens (including phenoxy) is 1. The van der Waals surface area contributed by atoms with Gasteiger partial charge < -0.3 is 4.74 Å². The van der Waals surface area contributed by atoms with E-state index in [1.165, 1.54) is 30.6 Å². The zero-order chi connectivity index (χ0) is 17.9. The lowest BCUT2D eigenvalue weighted by Crippen LogP contribution is -2.19. The van der Waals surface area contributed by atoms with Gasteiger partial charge in [0.25, 0.3) is 0 Å². The molecule has 5 nitrogen and oxygen atoms in total. The van der Waals surface area contributed by atoms with Gasteiger partial charge in [-0.2, -0.15) is 5.10 Å². The van der Waals surface area contributed by atoms with Crippen molar-refractivity contribution in [2.45, 2.75) is 46.0 Å². The third-order valence-electron chi connectivity index (χ3n) is 3.56. The SMILES string of the molecule is CCCCCCOc1ccc(/C=N\NC(=O)Cc2csc(C)n2)cc1. The number of hydrogen-bond acceptors (Lipinski definition) is 5. The second-order valence-corrected chi connectivity index (χ2v) is 6.87. The maximum absolute atomic E-state index is 11.8. The molecule has 1 amide bonds. The van der Waals surface area contributed by atoms with Crippen LogP contribution in [0.4, 0.5) is 0 Å². The number of carbonyl (C=O) groups is 1. The van der Waals surface area contributed by atoms with E-state index in [0.717, 1.165) is 35.0 Å². The molecule has 0 radical (unpaired) electrons. The van der Waals surface area contributed by atoms with E-state index in [4.69, 9.17) is 4.74 Å². The zero-order valence-electron chi connectivity index (χ0n) is 14.8. The molecule has 0 saturated heterocycles. The summed E-state index contributed by atoms with van der Waals surface area (Å²) in [4.78, 5) is 16.0. The highest BCUT2D eigenvalue weighted by molar-refractivity contribution is 7.09. The largest absolute Gasteiger partial charge is 0.494 e. The summed E-state index contributed by atoms with van der Waals surface area (Å²) in [5.74, 6) is 0.685. The van der Waals surface area contributed by atoms with Gasteiger partial charge in [-0.15, -0.1) is 11.3 Å².